The number of hydrazone groups is 1. The highest BCUT2D eigenvalue weighted by Crippen LogP contribution is 2.27. The van der Waals surface area contributed by atoms with E-state index in [2.05, 4.69) is 29.5 Å². The second-order valence-electron chi connectivity index (χ2n) is 6.02. The van der Waals surface area contributed by atoms with Crippen LogP contribution in [0.2, 0.25) is 15.2 Å². The molecule has 2 aromatic rings. The summed E-state index contributed by atoms with van der Waals surface area (Å²) in [6.07, 6.45) is 1.47. The molecule has 0 aliphatic heterocycles. The summed E-state index contributed by atoms with van der Waals surface area (Å²) in [5.74, 6) is 0.341. The first-order valence-corrected chi connectivity index (χ1v) is 9.04. The van der Waals surface area contributed by atoms with E-state index >= 15 is 0 Å². The lowest BCUT2D eigenvalue weighted by molar-refractivity contribution is -0.123. The fraction of sp³-hybridized carbons (Fsp3) is 0.353. The Morgan fingerprint density at radius 2 is 2.12 bits per heavy atom. The van der Waals surface area contributed by atoms with Crippen molar-refractivity contribution in [2.24, 2.45) is 11.0 Å². The molecule has 6 nitrogen and oxygen atoms in total. The molecule has 0 aliphatic carbocycles. The van der Waals surface area contributed by atoms with Crippen molar-refractivity contribution in [2.75, 3.05) is 6.61 Å². The number of nitrogens with zero attached hydrogens (tertiary/aromatic N) is 3. The smallest absolute Gasteiger partial charge is 0.277 e. The second kappa shape index (κ2) is 9.26. The molecule has 26 heavy (non-hydrogen) atoms. The predicted octanol–water partition coefficient (Wildman–Crippen LogP) is 4.34. The van der Waals surface area contributed by atoms with Crippen LogP contribution in [0.1, 0.15) is 25.1 Å². The monoisotopic (exact) mass is 416 g/mol. The number of ether oxygens (including phenoxy) is 1. The van der Waals surface area contributed by atoms with Gasteiger partial charge in [-0.25, -0.2) is 5.43 Å². The second-order valence-corrected chi connectivity index (χ2v) is 7.22. The number of nitrogens with one attached hydrogen (secondary N) is 1. The average Bonchev–Trinajstić information content (AvgIpc) is 2.80. The van der Waals surface area contributed by atoms with Gasteiger partial charge in [-0.05, 0) is 31.0 Å². The van der Waals surface area contributed by atoms with Gasteiger partial charge in [-0.2, -0.15) is 10.2 Å². The van der Waals surface area contributed by atoms with E-state index in [1.54, 1.807) is 16.8 Å². The van der Waals surface area contributed by atoms with E-state index in [0.29, 0.717) is 39.0 Å². The third kappa shape index (κ3) is 5.62. The van der Waals surface area contributed by atoms with Gasteiger partial charge >= 0.3 is 0 Å². The Labute approximate surface area is 167 Å². The van der Waals surface area contributed by atoms with Crippen molar-refractivity contribution >= 4 is 46.9 Å². The zero-order chi connectivity index (χ0) is 19.3. The molecule has 0 aliphatic rings. The molecule has 0 spiro atoms. The Bertz CT molecular complexity index is 819. The number of rotatable bonds is 7. The summed E-state index contributed by atoms with van der Waals surface area (Å²) in [4.78, 5) is 11.8. The maximum Gasteiger partial charge on any atom is 0.277 e. The number of hydrogen-bond donors (Lipinski definition) is 1. The molecule has 1 amide bonds. The third-order valence-corrected chi connectivity index (χ3v) is 4.21. The lowest BCUT2D eigenvalue weighted by Gasteiger charge is -2.07. The molecule has 0 atom stereocenters. The number of carbonyl (C=O) groups is 1. The molecule has 1 aromatic carbocycles. The summed E-state index contributed by atoms with van der Waals surface area (Å²) < 4.78 is 7.05. The predicted molar refractivity (Wildman–Crippen MR) is 105 cm³/mol. The number of halogens is 3. The first kappa shape index (κ1) is 20.6. The topological polar surface area (TPSA) is 68.5 Å². The number of aryl methyl sites for hydroxylation is 1. The van der Waals surface area contributed by atoms with Crippen LogP contribution >= 0.6 is 34.8 Å². The molecule has 9 heteroatoms. The Balaban J connectivity index is 1.92. The quantitative estimate of drug-likeness (QED) is 0.538. The summed E-state index contributed by atoms with van der Waals surface area (Å²) >= 11 is 18.1. The van der Waals surface area contributed by atoms with Crippen molar-refractivity contribution in [2.45, 2.75) is 27.3 Å². The summed E-state index contributed by atoms with van der Waals surface area (Å²) in [5, 5.41) is 9.58. The van der Waals surface area contributed by atoms with Crippen molar-refractivity contribution in [3.8, 4) is 5.75 Å². The van der Waals surface area contributed by atoms with Gasteiger partial charge < -0.3 is 4.74 Å². The maximum atomic E-state index is 11.8. The minimum atomic E-state index is -0.435. The molecule has 2 rings (SSSR count). The highest BCUT2D eigenvalue weighted by molar-refractivity contribution is 6.35. The van der Waals surface area contributed by atoms with Crippen LogP contribution in [0.15, 0.2) is 23.3 Å². The molecule has 0 fully saturated rings. The first-order chi connectivity index (χ1) is 12.3. The summed E-state index contributed by atoms with van der Waals surface area (Å²) in [6, 6.07) is 4.75. The Kier molecular flexibility index (Phi) is 7.32. The molecule has 0 radical (unpaired) electrons. The van der Waals surface area contributed by atoms with Crippen LogP contribution < -0.4 is 10.2 Å². The number of benzene rings is 1. The Morgan fingerprint density at radius 1 is 1.38 bits per heavy atom. The summed E-state index contributed by atoms with van der Waals surface area (Å²) in [6.45, 7) is 6.45. The molecular formula is C17H19Cl3N4O2. The fourth-order valence-electron chi connectivity index (χ4n) is 2.12. The van der Waals surface area contributed by atoms with Gasteiger partial charge in [0.1, 0.15) is 10.9 Å². The van der Waals surface area contributed by atoms with E-state index in [-0.39, 0.29) is 6.61 Å². The van der Waals surface area contributed by atoms with Crippen LogP contribution in [-0.4, -0.2) is 28.5 Å². The van der Waals surface area contributed by atoms with E-state index < -0.39 is 5.91 Å². The number of hydrogen-bond acceptors (Lipinski definition) is 4. The van der Waals surface area contributed by atoms with Crippen LogP contribution in [-0.2, 0) is 11.3 Å². The molecule has 0 unspecified atom stereocenters. The standard InChI is InChI=1S/C17H19Cl3N4O2/c1-10(2)8-24-17(20)13(11(3)23-24)7-21-22-16(25)9-26-15-5-4-12(18)6-14(15)19/h4-7,10H,8-9H2,1-3H3,(H,22,25)/b21-7-. The lowest BCUT2D eigenvalue weighted by atomic mass is 10.2. The fourth-order valence-corrected chi connectivity index (χ4v) is 2.87. The van der Waals surface area contributed by atoms with Crippen LogP contribution in [0.25, 0.3) is 0 Å². The largest absolute Gasteiger partial charge is 0.482 e. The molecule has 0 bridgehead atoms. The summed E-state index contributed by atoms with van der Waals surface area (Å²) in [5.41, 5.74) is 3.77. The average molecular weight is 418 g/mol. The lowest BCUT2D eigenvalue weighted by Crippen LogP contribution is -2.24. The van der Waals surface area contributed by atoms with E-state index in [0.717, 1.165) is 5.69 Å². The van der Waals surface area contributed by atoms with E-state index in [1.807, 2.05) is 6.92 Å². The van der Waals surface area contributed by atoms with Gasteiger partial charge in [0.05, 0.1) is 22.5 Å². The van der Waals surface area contributed by atoms with Gasteiger partial charge in [0.15, 0.2) is 6.61 Å². The maximum absolute atomic E-state index is 11.8. The van der Waals surface area contributed by atoms with Crippen LogP contribution in [0.4, 0.5) is 0 Å². The Morgan fingerprint density at radius 3 is 2.77 bits per heavy atom. The molecule has 1 heterocycles. The molecular weight excluding hydrogens is 399 g/mol. The number of aromatic nitrogens is 2. The highest BCUT2D eigenvalue weighted by Gasteiger charge is 2.13. The normalized spacial score (nSPS) is 11.3. The van der Waals surface area contributed by atoms with Gasteiger partial charge in [0.2, 0.25) is 0 Å². The van der Waals surface area contributed by atoms with Crippen LogP contribution in [0.5, 0.6) is 5.75 Å². The number of amides is 1. The third-order valence-electron chi connectivity index (χ3n) is 3.28. The van der Waals surface area contributed by atoms with Gasteiger partial charge in [-0.3, -0.25) is 9.48 Å². The minimum absolute atomic E-state index is 0.238. The zero-order valence-corrected chi connectivity index (χ0v) is 16.9. The SMILES string of the molecule is Cc1nn(CC(C)C)c(Cl)c1/C=N\NC(=O)COc1ccc(Cl)cc1Cl. The molecule has 140 valence electrons. The van der Waals surface area contributed by atoms with E-state index in [4.69, 9.17) is 39.5 Å². The number of carbonyl (C=O) groups excluding carboxylic acids is 1. The van der Waals surface area contributed by atoms with Crippen molar-refractivity contribution in [3.63, 3.8) is 0 Å². The molecule has 0 saturated heterocycles. The zero-order valence-electron chi connectivity index (χ0n) is 14.6. The molecule has 0 saturated carbocycles. The minimum Gasteiger partial charge on any atom is -0.482 e. The van der Waals surface area contributed by atoms with Crippen molar-refractivity contribution in [3.05, 3.63) is 44.7 Å². The highest BCUT2D eigenvalue weighted by atomic mass is 35.5. The van der Waals surface area contributed by atoms with Gasteiger partial charge in [0, 0.05) is 11.6 Å². The van der Waals surface area contributed by atoms with Crippen molar-refractivity contribution in [1.29, 1.82) is 0 Å². The molecule has 1 N–H and O–H groups in total. The summed E-state index contributed by atoms with van der Waals surface area (Å²) in [7, 11) is 0. The van der Waals surface area contributed by atoms with E-state index in [1.165, 1.54) is 12.3 Å². The van der Waals surface area contributed by atoms with Crippen LogP contribution in [0.3, 0.4) is 0 Å². The van der Waals surface area contributed by atoms with Gasteiger partial charge in [-0.15, -0.1) is 0 Å². The van der Waals surface area contributed by atoms with Crippen LogP contribution in [0, 0.1) is 12.8 Å². The van der Waals surface area contributed by atoms with E-state index in [9.17, 15) is 4.79 Å². The van der Waals surface area contributed by atoms with Crippen molar-refractivity contribution in [1.82, 2.24) is 15.2 Å². The van der Waals surface area contributed by atoms with Gasteiger partial charge in [-0.1, -0.05) is 48.7 Å². The first-order valence-electron chi connectivity index (χ1n) is 7.90. The Hall–Kier alpha value is -1.76. The van der Waals surface area contributed by atoms with Gasteiger partial charge in [0.25, 0.3) is 5.91 Å². The van der Waals surface area contributed by atoms with Crippen molar-refractivity contribution < 1.29 is 9.53 Å². The molecule has 1 aromatic heterocycles.